The van der Waals surface area contributed by atoms with Gasteiger partial charge in [0.15, 0.2) is 0 Å². The van der Waals surface area contributed by atoms with Crippen molar-refractivity contribution in [3.05, 3.63) is 0 Å². The summed E-state index contributed by atoms with van der Waals surface area (Å²) >= 11 is 0. The van der Waals surface area contributed by atoms with E-state index in [0.717, 1.165) is 17.9 Å². The second-order valence-electron chi connectivity index (χ2n) is 5.73. The first-order valence-electron chi connectivity index (χ1n) is 7.27. The first kappa shape index (κ1) is 12.4. The summed E-state index contributed by atoms with van der Waals surface area (Å²) in [4.78, 5) is 2.78. The van der Waals surface area contributed by atoms with E-state index in [1.807, 2.05) is 0 Å². The predicted molar refractivity (Wildman–Crippen MR) is 69.6 cm³/mol. The van der Waals surface area contributed by atoms with Crippen LogP contribution in [0.3, 0.4) is 0 Å². The Balaban J connectivity index is 1.99. The Morgan fingerprint density at radius 3 is 2.62 bits per heavy atom. The lowest BCUT2D eigenvalue weighted by Crippen LogP contribution is -2.54. The van der Waals surface area contributed by atoms with Gasteiger partial charge in [0, 0.05) is 32.2 Å². The van der Waals surface area contributed by atoms with Crippen molar-refractivity contribution >= 4 is 0 Å². The van der Waals surface area contributed by atoms with E-state index >= 15 is 0 Å². The molecule has 2 fully saturated rings. The van der Waals surface area contributed by atoms with Gasteiger partial charge in [-0.2, -0.15) is 0 Å². The van der Waals surface area contributed by atoms with Gasteiger partial charge in [-0.25, -0.2) is 0 Å². The number of nitrogens with zero attached hydrogens (tertiary/aromatic N) is 1. The highest BCUT2D eigenvalue weighted by atomic mass is 15.2. The third-order valence-electron chi connectivity index (χ3n) is 4.53. The Morgan fingerprint density at radius 1 is 1.19 bits per heavy atom. The van der Waals surface area contributed by atoms with E-state index in [9.17, 15) is 0 Å². The van der Waals surface area contributed by atoms with Crippen LogP contribution in [0.15, 0.2) is 0 Å². The maximum atomic E-state index is 3.47. The predicted octanol–water partition coefficient (Wildman–Crippen LogP) is 2.50. The SMILES string of the molecule is CCCC1CCCC(C)C1N1CCNCC1. The molecule has 3 unspecified atom stereocenters. The minimum absolute atomic E-state index is 0.885. The highest BCUT2D eigenvalue weighted by Crippen LogP contribution is 2.35. The average Bonchev–Trinajstić information content (AvgIpc) is 2.31. The van der Waals surface area contributed by atoms with E-state index in [2.05, 4.69) is 24.1 Å². The molecular weight excluding hydrogens is 196 g/mol. The molecule has 0 radical (unpaired) electrons. The first-order valence-corrected chi connectivity index (χ1v) is 7.27. The van der Waals surface area contributed by atoms with Crippen molar-refractivity contribution in [2.24, 2.45) is 11.8 Å². The summed E-state index contributed by atoms with van der Waals surface area (Å²) in [5.74, 6) is 1.90. The molecule has 1 N–H and O–H groups in total. The molecule has 0 aromatic carbocycles. The zero-order chi connectivity index (χ0) is 11.4. The number of rotatable bonds is 3. The van der Waals surface area contributed by atoms with Crippen LogP contribution in [0.5, 0.6) is 0 Å². The van der Waals surface area contributed by atoms with Gasteiger partial charge in [-0.3, -0.25) is 4.90 Å². The molecule has 0 aromatic rings. The monoisotopic (exact) mass is 224 g/mol. The van der Waals surface area contributed by atoms with Gasteiger partial charge in [-0.15, -0.1) is 0 Å². The minimum Gasteiger partial charge on any atom is -0.314 e. The van der Waals surface area contributed by atoms with E-state index in [1.54, 1.807) is 0 Å². The molecule has 0 aromatic heterocycles. The second kappa shape index (κ2) is 6.02. The van der Waals surface area contributed by atoms with E-state index in [-0.39, 0.29) is 0 Å². The van der Waals surface area contributed by atoms with Gasteiger partial charge in [0.05, 0.1) is 0 Å². The van der Waals surface area contributed by atoms with Crippen molar-refractivity contribution in [1.82, 2.24) is 10.2 Å². The van der Waals surface area contributed by atoms with Crippen molar-refractivity contribution in [3.8, 4) is 0 Å². The molecule has 0 spiro atoms. The maximum absolute atomic E-state index is 3.47. The average molecular weight is 224 g/mol. The fourth-order valence-corrected chi connectivity index (χ4v) is 3.83. The van der Waals surface area contributed by atoms with Crippen LogP contribution in [0.2, 0.25) is 0 Å². The summed E-state index contributed by atoms with van der Waals surface area (Å²) in [7, 11) is 0. The smallest absolute Gasteiger partial charge is 0.0150 e. The Morgan fingerprint density at radius 2 is 1.94 bits per heavy atom. The summed E-state index contributed by atoms with van der Waals surface area (Å²) in [6.45, 7) is 9.76. The molecule has 16 heavy (non-hydrogen) atoms. The van der Waals surface area contributed by atoms with E-state index in [4.69, 9.17) is 0 Å². The van der Waals surface area contributed by atoms with E-state index in [0.29, 0.717) is 0 Å². The second-order valence-corrected chi connectivity index (χ2v) is 5.73. The lowest BCUT2D eigenvalue weighted by molar-refractivity contribution is 0.0482. The molecule has 2 aliphatic rings. The van der Waals surface area contributed by atoms with E-state index in [1.165, 1.54) is 58.3 Å². The van der Waals surface area contributed by atoms with Gasteiger partial charge >= 0.3 is 0 Å². The highest BCUT2D eigenvalue weighted by Gasteiger charge is 2.34. The fourth-order valence-electron chi connectivity index (χ4n) is 3.83. The summed E-state index contributed by atoms with van der Waals surface area (Å²) in [5, 5.41) is 3.47. The number of hydrogen-bond acceptors (Lipinski definition) is 2. The van der Waals surface area contributed by atoms with Crippen LogP contribution in [0.4, 0.5) is 0 Å². The van der Waals surface area contributed by atoms with Gasteiger partial charge in [0.2, 0.25) is 0 Å². The third kappa shape index (κ3) is 2.78. The molecule has 1 saturated heterocycles. The standard InChI is InChI=1S/C14H28N2/c1-3-5-13-7-4-6-12(2)14(13)16-10-8-15-9-11-16/h12-15H,3-11H2,1-2H3. The summed E-state index contributed by atoms with van der Waals surface area (Å²) in [5.41, 5.74) is 0. The van der Waals surface area contributed by atoms with Crippen molar-refractivity contribution in [3.63, 3.8) is 0 Å². The Labute approximate surface area is 101 Å². The van der Waals surface area contributed by atoms with Gasteiger partial charge in [0.25, 0.3) is 0 Å². The summed E-state index contributed by atoms with van der Waals surface area (Å²) in [6.07, 6.45) is 7.20. The fraction of sp³-hybridized carbons (Fsp3) is 1.00. The maximum Gasteiger partial charge on any atom is 0.0150 e. The molecular formula is C14H28N2. The number of hydrogen-bond donors (Lipinski definition) is 1. The molecule has 0 bridgehead atoms. The van der Waals surface area contributed by atoms with Crippen LogP contribution in [-0.4, -0.2) is 37.1 Å². The molecule has 2 rings (SSSR count). The number of piperazine rings is 1. The summed E-state index contributed by atoms with van der Waals surface area (Å²) in [6, 6.07) is 0.885. The van der Waals surface area contributed by atoms with Crippen molar-refractivity contribution in [2.75, 3.05) is 26.2 Å². The molecule has 0 amide bonds. The number of nitrogens with one attached hydrogen (secondary N) is 1. The van der Waals surface area contributed by atoms with E-state index < -0.39 is 0 Å². The van der Waals surface area contributed by atoms with Crippen LogP contribution in [0.25, 0.3) is 0 Å². The van der Waals surface area contributed by atoms with Crippen molar-refractivity contribution in [1.29, 1.82) is 0 Å². The molecule has 1 saturated carbocycles. The molecule has 1 heterocycles. The molecule has 94 valence electrons. The topological polar surface area (TPSA) is 15.3 Å². The van der Waals surface area contributed by atoms with Gasteiger partial charge in [-0.1, -0.05) is 26.7 Å². The van der Waals surface area contributed by atoms with Crippen molar-refractivity contribution in [2.45, 2.75) is 52.0 Å². The van der Waals surface area contributed by atoms with Crippen LogP contribution in [-0.2, 0) is 0 Å². The van der Waals surface area contributed by atoms with Crippen LogP contribution >= 0.6 is 0 Å². The molecule has 3 atom stereocenters. The zero-order valence-corrected chi connectivity index (χ0v) is 11.0. The van der Waals surface area contributed by atoms with Gasteiger partial charge in [-0.05, 0) is 31.1 Å². The quantitative estimate of drug-likeness (QED) is 0.792. The Bertz CT molecular complexity index is 189. The Kier molecular flexibility index (Phi) is 4.66. The normalized spacial score (nSPS) is 37.5. The molecule has 1 aliphatic heterocycles. The summed E-state index contributed by atoms with van der Waals surface area (Å²) < 4.78 is 0. The first-order chi connectivity index (χ1) is 7.83. The van der Waals surface area contributed by atoms with Gasteiger partial charge < -0.3 is 5.32 Å². The zero-order valence-electron chi connectivity index (χ0n) is 11.0. The Hall–Kier alpha value is -0.0800. The lowest BCUT2D eigenvalue weighted by atomic mass is 9.75. The van der Waals surface area contributed by atoms with Crippen LogP contribution in [0.1, 0.15) is 46.0 Å². The van der Waals surface area contributed by atoms with Gasteiger partial charge in [0.1, 0.15) is 0 Å². The van der Waals surface area contributed by atoms with Crippen LogP contribution in [0, 0.1) is 11.8 Å². The largest absolute Gasteiger partial charge is 0.314 e. The highest BCUT2D eigenvalue weighted by molar-refractivity contribution is 4.89. The lowest BCUT2D eigenvalue weighted by Gasteiger charge is -2.45. The third-order valence-corrected chi connectivity index (χ3v) is 4.53. The minimum atomic E-state index is 0.885. The molecule has 2 nitrogen and oxygen atoms in total. The van der Waals surface area contributed by atoms with Crippen molar-refractivity contribution < 1.29 is 0 Å². The molecule has 1 aliphatic carbocycles. The molecule has 2 heteroatoms. The van der Waals surface area contributed by atoms with Crippen LogP contribution < -0.4 is 5.32 Å².